The summed E-state index contributed by atoms with van der Waals surface area (Å²) in [5.41, 5.74) is -0.235. The number of unbranched alkanes of at least 4 members (excludes halogenated alkanes) is 3. The van der Waals surface area contributed by atoms with Gasteiger partial charge in [0.25, 0.3) is 0 Å². The summed E-state index contributed by atoms with van der Waals surface area (Å²) in [4.78, 5) is 12.2. The van der Waals surface area contributed by atoms with Gasteiger partial charge in [0.2, 0.25) is 0 Å². The summed E-state index contributed by atoms with van der Waals surface area (Å²) in [6, 6.07) is 0. The molecule has 0 heterocycles. The third kappa shape index (κ3) is 4.87. The third-order valence-corrected chi connectivity index (χ3v) is 5.69. The molecule has 1 aliphatic rings. The van der Waals surface area contributed by atoms with E-state index in [2.05, 4.69) is 6.58 Å². The highest BCUT2D eigenvalue weighted by molar-refractivity contribution is 7.54. The minimum absolute atomic E-state index is 0.0447. The SMILES string of the molecule is C=CCCCCCC1(C(=O)CP(=O)(OC)OC)CC1. The maximum Gasteiger partial charge on any atom is 0.337 e. The van der Waals surface area contributed by atoms with Gasteiger partial charge >= 0.3 is 7.60 Å². The molecule has 0 bridgehead atoms. The van der Waals surface area contributed by atoms with Gasteiger partial charge < -0.3 is 9.05 Å². The minimum Gasteiger partial charge on any atom is -0.312 e. The van der Waals surface area contributed by atoms with Crippen LogP contribution in [-0.2, 0) is 18.4 Å². The second-order valence-electron chi connectivity index (χ2n) is 5.23. The van der Waals surface area contributed by atoms with Crippen molar-refractivity contribution in [2.24, 2.45) is 5.41 Å². The second-order valence-corrected chi connectivity index (χ2v) is 7.49. The van der Waals surface area contributed by atoms with E-state index in [0.717, 1.165) is 44.9 Å². The number of allylic oxidation sites excluding steroid dienone is 1. The fourth-order valence-corrected chi connectivity index (χ4v) is 3.39. The Morgan fingerprint density at radius 2 is 1.89 bits per heavy atom. The first kappa shape index (κ1) is 16.6. The molecule has 0 aliphatic heterocycles. The summed E-state index contributed by atoms with van der Waals surface area (Å²) in [5, 5.41) is 0. The molecule has 0 aromatic rings. The van der Waals surface area contributed by atoms with Gasteiger partial charge in [-0.1, -0.05) is 18.9 Å². The summed E-state index contributed by atoms with van der Waals surface area (Å²) >= 11 is 0. The molecule has 0 saturated heterocycles. The zero-order valence-electron chi connectivity index (χ0n) is 12.0. The predicted octanol–water partition coefficient (Wildman–Crippen LogP) is 3.96. The summed E-state index contributed by atoms with van der Waals surface area (Å²) in [6.07, 6.45) is 8.89. The van der Waals surface area contributed by atoms with E-state index >= 15 is 0 Å². The van der Waals surface area contributed by atoms with Gasteiger partial charge in [0.05, 0.1) is 0 Å². The summed E-state index contributed by atoms with van der Waals surface area (Å²) in [5.74, 6) is 0.0447. The zero-order chi connectivity index (χ0) is 14.4. The Morgan fingerprint density at radius 1 is 1.26 bits per heavy atom. The highest BCUT2D eigenvalue weighted by atomic mass is 31.2. The third-order valence-electron chi connectivity index (χ3n) is 3.90. The van der Waals surface area contributed by atoms with Gasteiger partial charge in [0, 0.05) is 19.6 Å². The topological polar surface area (TPSA) is 52.6 Å². The van der Waals surface area contributed by atoms with E-state index < -0.39 is 7.60 Å². The zero-order valence-corrected chi connectivity index (χ0v) is 12.9. The molecule has 0 atom stereocenters. The Hall–Kier alpha value is -0.440. The van der Waals surface area contributed by atoms with Crippen LogP contribution in [0.25, 0.3) is 0 Å². The number of hydrogen-bond acceptors (Lipinski definition) is 4. The molecular weight excluding hydrogens is 263 g/mol. The van der Waals surface area contributed by atoms with E-state index in [1.807, 2.05) is 6.08 Å². The van der Waals surface area contributed by atoms with Gasteiger partial charge in [-0.05, 0) is 32.1 Å². The van der Waals surface area contributed by atoms with Crippen LogP contribution in [0.3, 0.4) is 0 Å². The summed E-state index contributed by atoms with van der Waals surface area (Å²) < 4.78 is 21.7. The van der Waals surface area contributed by atoms with Gasteiger partial charge in [-0.3, -0.25) is 9.36 Å². The Bertz CT molecular complexity index is 352. The quantitative estimate of drug-likeness (QED) is 0.328. The maximum atomic E-state index is 12.2. The number of rotatable bonds is 11. The van der Waals surface area contributed by atoms with Gasteiger partial charge in [0.15, 0.2) is 5.78 Å². The van der Waals surface area contributed by atoms with E-state index in [9.17, 15) is 9.36 Å². The van der Waals surface area contributed by atoms with Gasteiger partial charge in [-0.25, -0.2) is 0 Å². The Balaban J connectivity index is 2.39. The first-order valence-corrected chi connectivity index (χ1v) is 8.59. The van der Waals surface area contributed by atoms with E-state index in [4.69, 9.17) is 9.05 Å². The number of hydrogen-bond donors (Lipinski definition) is 0. The molecule has 1 aliphatic carbocycles. The fraction of sp³-hybridized carbons (Fsp3) is 0.786. The van der Waals surface area contributed by atoms with Crippen LogP contribution in [0.2, 0.25) is 0 Å². The summed E-state index contributed by atoms with van der Waals surface area (Å²) in [6.45, 7) is 3.69. The van der Waals surface area contributed by atoms with E-state index in [-0.39, 0.29) is 17.4 Å². The lowest BCUT2D eigenvalue weighted by atomic mass is 9.94. The highest BCUT2D eigenvalue weighted by Crippen LogP contribution is 2.55. The Labute approximate surface area is 116 Å². The number of Topliss-reactive ketones (excluding diaryl/α,β-unsaturated/α-hetero) is 1. The van der Waals surface area contributed by atoms with Crippen molar-refractivity contribution in [1.82, 2.24) is 0 Å². The fourth-order valence-electron chi connectivity index (χ4n) is 2.30. The van der Waals surface area contributed by atoms with Crippen molar-refractivity contribution in [2.75, 3.05) is 20.4 Å². The van der Waals surface area contributed by atoms with Crippen LogP contribution in [0.1, 0.15) is 44.9 Å². The molecule has 0 unspecified atom stereocenters. The van der Waals surface area contributed by atoms with Crippen LogP contribution in [0.15, 0.2) is 12.7 Å². The van der Waals surface area contributed by atoms with Crippen molar-refractivity contribution in [2.45, 2.75) is 44.9 Å². The molecule has 5 heteroatoms. The lowest BCUT2D eigenvalue weighted by Crippen LogP contribution is -2.20. The average molecular weight is 288 g/mol. The molecule has 0 N–H and O–H groups in total. The molecule has 0 radical (unpaired) electrons. The van der Waals surface area contributed by atoms with Crippen molar-refractivity contribution in [3.63, 3.8) is 0 Å². The number of carbonyl (C=O) groups excluding carboxylic acids is 1. The lowest BCUT2D eigenvalue weighted by molar-refractivity contribution is -0.122. The first-order valence-electron chi connectivity index (χ1n) is 6.87. The van der Waals surface area contributed by atoms with E-state index in [1.165, 1.54) is 14.2 Å². The van der Waals surface area contributed by atoms with Crippen LogP contribution in [0.5, 0.6) is 0 Å². The summed E-state index contributed by atoms with van der Waals surface area (Å²) in [7, 11) is -0.555. The van der Waals surface area contributed by atoms with Crippen LogP contribution in [0.4, 0.5) is 0 Å². The molecule has 1 rings (SSSR count). The smallest absolute Gasteiger partial charge is 0.312 e. The lowest BCUT2D eigenvalue weighted by Gasteiger charge is -2.17. The second kappa shape index (κ2) is 7.37. The molecule has 19 heavy (non-hydrogen) atoms. The Kier molecular flexibility index (Phi) is 6.45. The number of carbonyl (C=O) groups is 1. The molecule has 0 spiro atoms. The monoisotopic (exact) mass is 288 g/mol. The van der Waals surface area contributed by atoms with E-state index in [1.54, 1.807) is 0 Å². The van der Waals surface area contributed by atoms with Gasteiger partial charge in [-0.2, -0.15) is 0 Å². The van der Waals surface area contributed by atoms with Crippen LogP contribution < -0.4 is 0 Å². The van der Waals surface area contributed by atoms with Crippen molar-refractivity contribution < 1.29 is 18.4 Å². The van der Waals surface area contributed by atoms with Crippen LogP contribution >= 0.6 is 7.60 Å². The largest absolute Gasteiger partial charge is 0.337 e. The maximum absolute atomic E-state index is 12.2. The molecule has 0 aromatic heterocycles. The average Bonchev–Trinajstić information content (AvgIpc) is 3.19. The molecule has 4 nitrogen and oxygen atoms in total. The molecule has 110 valence electrons. The molecule has 0 aromatic carbocycles. The van der Waals surface area contributed by atoms with Crippen molar-refractivity contribution in [3.8, 4) is 0 Å². The Morgan fingerprint density at radius 3 is 2.37 bits per heavy atom. The highest BCUT2D eigenvalue weighted by Gasteiger charge is 2.50. The normalized spacial score (nSPS) is 17.2. The molecule has 0 amide bonds. The van der Waals surface area contributed by atoms with Crippen molar-refractivity contribution in [1.29, 1.82) is 0 Å². The van der Waals surface area contributed by atoms with Gasteiger partial charge in [0.1, 0.15) is 6.16 Å². The number of ketones is 1. The molecular formula is C14H25O4P. The molecule has 1 saturated carbocycles. The van der Waals surface area contributed by atoms with Crippen LogP contribution in [-0.4, -0.2) is 26.2 Å². The first-order chi connectivity index (χ1) is 9.02. The minimum atomic E-state index is -3.21. The van der Waals surface area contributed by atoms with Crippen molar-refractivity contribution >= 4 is 13.4 Å². The van der Waals surface area contributed by atoms with Crippen molar-refractivity contribution in [3.05, 3.63) is 12.7 Å². The predicted molar refractivity (Wildman–Crippen MR) is 76.4 cm³/mol. The van der Waals surface area contributed by atoms with E-state index in [0.29, 0.717) is 0 Å². The molecule has 1 fully saturated rings. The standard InChI is InChI=1S/C14H25O4P/c1-4-5-6-7-8-9-14(10-11-14)13(15)12-19(16,17-2)18-3/h4H,1,5-12H2,2-3H3. The van der Waals surface area contributed by atoms with Gasteiger partial charge in [-0.15, -0.1) is 6.58 Å². The van der Waals surface area contributed by atoms with Crippen LogP contribution in [0, 0.1) is 5.41 Å².